The largest absolute Gasteiger partial charge is 0.309 e. The molecule has 0 N–H and O–H groups in total. The Bertz CT molecular complexity index is 3180. The van der Waals surface area contributed by atoms with Gasteiger partial charge in [0.05, 0.1) is 33.5 Å². The van der Waals surface area contributed by atoms with E-state index in [-0.39, 0.29) is 0 Å². The highest BCUT2D eigenvalue weighted by Crippen LogP contribution is 2.38. The lowest BCUT2D eigenvalue weighted by Gasteiger charge is -2.13. The zero-order valence-electron chi connectivity index (χ0n) is 30.4. The molecule has 0 fully saturated rings. The van der Waals surface area contributed by atoms with Crippen LogP contribution >= 0.6 is 0 Å². The van der Waals surface area contributed by atoms with Crippen LogP contribution in [0.2, 0.25) is 0 Å². The summed E-state index contributed by atoms with van der Waals surface area (Å²) in [6.45, 7) is 0. The van der Waals surface area contributed by atoms with Crippen molar-refractivity contribution < 1.29 is 0 Å². The second-order valence-electron chi connectivity index (χ2n) is 14.2. The van der Waals surface area contributed by atoms with Gasteiger partial charge in [0.2, 0.25) is 0 Å². The number of aromatic nitrogens is 4. The zero-order valence-corrected chi connectivity index (χ0v) is 30.4. The van der Waals surface area contributed by atoms with Crippen LogP contribution in [0.15, 0.2) is 206 Å². The van der Waals surface area contributed by atoms with Crippen LogP contribution in [0.1, 0.15) is 0 Å². The van der Waals surface area contributed by atoms with E-state index in [4.69, 9.17) is 9.97 Å². The smallest absolute Gasteiger partial charge is 0.160 e. The topological polar surface area (TPSA) is 35.6 Å². The van der Waals surface area contributed by atoms with E-state index in [2.05, 4.69) is 203 Å². The first-order valence-electron chi connectivity index (χ1n) is 19.0. The van der Waals surface area contributed by atoms with Crippen LogP contribution in [-0.2, 0) is 0 Å². The van der Waals surface area contributed by atoms with Gasteiger partial charge in [-0.15, -0.1) is 0 Å². The summed E-state index contributed by atoms with van der Waals surface area (Å²) in [7, 11) is 0. The fourth-order valence-electron chi connectivity index (χ4n) is 8.31. The Labute approximate surface area is 324 Å². The average molecular weight is 715 g/mol. The molecule has 4 nitrogen and oxygen atoms in total. The molecule has 262 valence electrons. The standard InChI is InChI=1S/C52H34N4/c1-3-14-35(15-4-1)36-26-28-38(29-27-36)52-53-46(37-16-5-2-6-17-37)34-47(54-52)39-18-13-19-40(32-39)55-50-25-12-9-22-44(50)45-33-41(30-31-51(45)55)56-48-23-10-7-20-42(48)43-21-8-11-24-49(43)56/h1-34H. The Hall–Kier alpha value is -7.56. The molecule has 0 amide bonds. The molecule has 0 aliphatic heterocycles. The summed E-state index contributed by atoms with van der Waals surface area (Å²) >= 11 is 0. The van der Waals surface area contributed by atoms with E-state index in [9.17, 15) is 0 Å². The average Bonchev–Trinajstić information content (AvgIpc) is 3.79. The highest BCUT2D eigenvalue weighted by atomic mass is 15.0. The molecule has 11 aromatic rings. The van der Waals surface area contributed by atoms with E-state index in [0.29, 0.717) is 5.82 Å². The monoisotopic (exact) mass is 714 g/mol. The molecule has 0 spiro atoms. The van der Waals surface area contributed by atoms with Crippen LogP contribution in [0.25, 0.3) is 100 Å². The molecule has 8 aromatic carbocycles. The van der Waals surface area contributed by atoms with E-state index < -0.39 is 0 Å². The molecule has 11 rings (SSSR count). The predicted octanol–water partition coefficient (Wildman–Crippen LogP) is 13.3. The fraction of sp³-hybridized carbons (Fsp3) is 0. The number of para-hydroxylation sites is 3. The van der Waals surface area contributed by atoms with Gasteiger partial charge in [0, 0.05) is 49.6 Å². The van der Waals surface area contributed by atoms with Gasteiger partial charge in [0.25, 0.3) is 0 Å². The van der Waals surface area contributed by atoms with Crippen molar-refractivity contribution in [1.29, 1.82) is 0 Å². The normalized spacial score (nSPS) is 11.6. The van der Waals surface area contributed by atoms with Gasteiger partial charge < -0.3 is 9.13 Å². The molecule has 3 aromatic heterocycles. The van der Waals surface area contributed by atoms with Crippen LogP contribution < -0.4 is 0 Å². The predicted molar refractivity (Wildman–Crippen MR) is 232 cm³/mol. The van der Waals surface area contributed by atoms with Crippen LogP contribution in [-0.4, -0.2) is 19.1 Å². The molecule has 0 saturated carbocycles. The van der Waals surface area contributed by atoms with Gasteiger partial charge >= 0.3 is 0 Å². The minimum atomic E-state index is 0.695. The van der Waals surface area contributed by atoms with Crippen LogP contribution in [0, 0.1) is 0 Å². The zero-order chi connectivity index (χ0) is 37.0. The summed E-state index contributed by atoms with van der Waals surface area (Å²) in [5, 5.41) is 4.94. The minimum absolute atomic E-state index is 0.695. The van der Waals surface area contributed by atoms with Crippen molar-refractivity contribution in [1.82, 2.24) is 19.1 Å². The highest BCUT2D eigenvalue weighted by Gasteiger charge is 2.17. The lowest BCUT2D eigenvalue weighted by Crippen LogP contribution is -1.98. The van der Waals surface area contributed by atoms with E-state index in [0.717, 1.165) is 56.0 Å². The van der Waals surface area contributed by atoms with Gasteiger partial charge in [-0.3, -0.25) is 0 Å². The van der Waals surface area contributed by atoms with E-state index in [1.165, 1.54) is 38.1 Å². The molecule has 0 aliphatic rings. The van der Waals surface area contributed by atoms with E-state index in [1.807, 2.05) is 12.1 Å². The van der Waals surface area contributed by atoms with Crippen LogP contribution in [0.3, 0.4) is 0 Å². The molecule has 0 bridgehead atoms. The minimum Gasteiger partial charge on any atom is -0.309 e. The molecule has 3 heterocycles. The van der Waals surface area contributed by atoms with Crippen molar-refractivity contribution in [2.24, 2.45) is 0 Å². The second kappa shape index (κ2) is 13.1. The Morgan fingerprint density at radius 1 is 0.268 bits per heavy atom. The third kappa shape index (κ3) is 5.31. The number of hydrogen-bond donors (Lipinski definition) is 0. The highest BCUT2D eigenvalue weighted by molar-refractivity contribution is 6.12. The number of rotatable bonds is 6. The van der Waals surface area contributed by atoms with E-state index in [1.54, 1.807) is 0 Å². The first-order chi connectivity index (χ1) is 27.8. The van der Waals surface area contributed by atoms with Gasteiger partial charge in [0.1, 0.15) is 0 Å². The maximum absolute atomic E-state index is 5.22. The van der Waals surface area contributed by atoms with Gasteiger partial charge in [-0.25, -0.2) is 9.97 Å². The number of hydrogen-bond acceptors (Lipinski definition) is 2. The SMILES string of the molecule is c1ccc(-c2ccc(-c3nc(-c4ccccc4)cc(-c4cccc(-n5c6ccccc6c6cc(-n7c8ccccc8c8ccccc87)ccc65)c4)n3)cc2)cc1. The van der Waals surface area contributed by atoms with Crippen molar-refractivity contribution in [3.05, 3.63) is 206 Å². The molecule has 56 heavy (non-hydrogen) atoms. The summed E-state index contributed by atoms with van der Waals surface area (Å²) in [6.07, 6.45) is 0. The lowest BCUT2D eigenvalue weighted by molar-refractivity contribution is 1.16. The van der Waals surface area contributed by atoms with Crippen molar-refractivity contribution >= 4 is 43.6 Å². The Morgan fingerprint density at radius 3 is 1.34 bits per heavy atom. The number of fused-ring (bicyclic) bond motifs is 6. The first kappa shape index (κ1) is 31.9. The molecular formula is C52H34N4. The fourth-order valence-corrected chi connectivity index (χ4v) is 8.31. The van der Waals surface area contributed by atoms with Crippen LogP contribution in [0.4, 0.5) is 0 Å². The number of benzene rings is 8. The van der Waals surface area contributed by atoms with Crippen molar-refractivity contribution in [2.45, 2.75) is 0 Å². The molecule has 4 heteroatoms. The first-order valence-corrected chi connectivity index (χ1v) is 19.0. The summed E-state index contributed by atoms with van der Waals surface area (Å²) < 4.78 is 4.77. The second-order valence-corrected chi connectivity index (χ2v) is 14.2. The summed E-state index contributed by atoms with van der Waals surface area (Å²) in [6, 6.07) is 73.2. The molecule has 0 aliphatic carbocycles. The van der Waals surface area contributed by atoms with Crippen molar-refractivity contribution in [2.75, 3.05) is 0 Å². The third-order valence-corrected chi connectivity index (χ3v) is 10.9. The molecule has 0 atom stereocenters. The summed E-state index contributed by atoms with van der Waals surface area (Å²) in [5.74, 6) is 0.695. The summed E-state index contributed by atoms with van der Waals surface area (Å²) in [4.78, 5) is 10.3. The van der Waals surface area contributed by atoms with Gasteiger partial charge in [0.15, 0.2) is 5.82 Å². The van der Waals surface area contributed by atoms with Gasteiger partial charge in [-0.05, 0) is 65.7 Å². The van der Waals surface area contributed by atoms with Crippen molar-refractivity contribution in [3.63, 3.8) is 0 Å². The molecule has 0 radical (unpaired) electrons. The molecule has 0 unspecified atom stereocenters. The summed E-state index contributed by atoms with van der Waals surface area (Å²) in [5.41, 5.74) is 14.1. The molecular weight excluding hydrogens is 681 g/mol. The molecule has 0 saturated heterocycles. The third-order valence-electron chi connectivity index (χ3n) is 10.9. The van der Waals surface area contributed by atoms with E-state index >= 15 is 0 Å². The van der Waals surface area contributed by atoms with Crippen LogP contribution in [0.5, 0.6) is 0 Å². The Balaban J connectivity index is 1.05. The van der Waals surface area contributed by atoms with Gasteiger partial charge in [-0.1, -0.05) is 152 Å². The quantitative estimate of drug-likeness (QED) is 0.172. The Kier molecular flexibility index (Phi) is 7.46. The van der Waals surface area contributed by atoms with Crippen molar-refractivity contribution in [3.8, 4) is 56.4 Å². The lowest BCUT2D eigenvalue weighted by atomic mass is 10.0. The maximum Gasteiger partial charge on any atom is 0.160 e. The van der Waals surface area contributed by atoms with Gasteiger partial charge in [-0.2, -0.15) is 0 Å². The Morgan fingerprint density at radius 2 is 0.714 bits per heavy atom. The maximum atomic E-state index is 5.22. The number of nitrogens with zero attached hydrogens (tertiary/aromatic N) is 4.